The lowest BCUT2D eigenvalue weighted by atomic mass is 9.75. The Labute approximate surface area is 219 Å². The van der Waals surface area contributed by atoms with E-state index in [1.807, 2.05) is 75.4 Å². The molecule has 7 nitrogen and oxygen atoms in total. The molecular weight excluding hydrogens is 467 g/mol. The van der Waals surface area contributed by atoms with Crippen molar-refractivity contribution in [1.82, 2.24) is 10.6 Å². The van der Waals surface area contributed by atoms with Crippen LogP contribution in [-0.4, -0.2) is 46.1 Å². The highest BCUT2D eigenvalue weighted by molar-refractivity contribution is 6.43. The van der Waals surface area contributed by atoms with Gasteiger partial charge in [0.05, 0.1) is 5.94 Å². The first-order valence-electron chi connectivity index (χ1n) is 12.3. The monoisotopic (exact) mass is 502 g/mol. The molecule has 0 aromatic heterocycles. The number of nitrogens with one attached hydrogen (secondary N) is 2. The summed E-state index contributed by atoms with van der Waals surface area (Å²) in [6.07, 6.45) is 0.185. The van der Waals surface area contributed by atoms with Crippen LogP contribution in [0.5, 0.6) is 5.75 Å². The van der Waals surface area contributed by atoms with Crippen molar-refractivity contribution in [3.63, 3.8) is 0 Å². The molecule has 37 heavy (non-hydrogen) atoms. The van der Waals surface area contributed by atoms with Gasteiger partial charge in [-0.1, -0.05) is 54.6 Å². The summed E-state index contributed by atoms with van der Waals surface area (Å²) in [5, 5.41) is 25.2. The van der Waals surface area contributed by atoms with Crippen molar-refractivity contribution in [2.24, 2.45) is 0 Å². The first kappa shape index (κ1) is 28.0. The molecule has 8 heteroatoms. The van der Waals surface area contributed by atoms with Crippen LogP contribution in [0.3, 0.4) is 0 Å². The van der Waals surface area contributed by atoms with E-state index in [0.29, 0.717) is 11.3 Å². The van der Waals surface area contributed by atoms with Crippen molar-refractivity contribution in [3.05, 3.63) is 90.0 Å². The number of amides is 2. The Bertz CT molecular complexity index is 1190. The number of benzene rings is 3. The van der Waals surface area contributed by atoms with Gasteiger partial charge < -0.3 is 25.4 Å². The van der Waals surface area contributed by atoms with E-state index in [0.717, 1.165) is 16.7 Å². The third-order valence-electron chi connectivity index (χ3n) is 5.73. The molecule has 0 heterocycles. The Morgan fingerprint density at radius 3 is 1.95 bits per heavy atom. The molecule has 0 bridgehead atoms. The second-order valence-electron chi connectivity index (χ2n) is 10.6. The zero-order chi connectivity index (χ0) is 27.2. The second kappa shape index (κ2) is 11.6. The van der Waals surface area contributed by atoms with Gasteiger partial charge in [-0.25, -0.2) is 0 Å². The number of hydrogen-bond acceptors (Lipinski definition) is 5. The molecule has 0 spiro atoms. The van der Waals surface area contributed by atoms with Gasteiger partial charge in [0.1, 0.15) is 16.9 Å². The van der Waals surface area contributed by atoms with Crippen LogP contribution in [0.15, 0.2) is 78.9 Å². The largest absolute Gasteiger partial charge is 0.488 e. The van der Waals surface area contributed by atoms with Crippen molar-refractivity contribution in [2.75, 3.05) is 0 Å². The van der Waals surface area contributed by atoms with Crippen molar-refractivity contribution in [2.45, 2.75) is 58.1 Å². The van der Waals surface area contributed by atoms with Gasteiger partial charge in [0.2, 0.25) is 5.91 Å². The maximum Gasteiger partial charge on any atom is 0.475 e. The fourth-order valence-electron chi connectivity index (χ4n) is 3.74. The summed E-state index contributed by atoms with van der Waals surface area (Å²) in [4.78, 5) is 25.9. The lowest BCUT2D eigenvalue weighted by Crippen LogP contribution is -2.59. The van der Waals surface area contributed by atoms with E-state index < -0.39 is 30.4 Å². The van der Waals surface area contributed by atoms with E-state index in [4.69, 9.17) is 4.74 Å². The highest BCUT2D eigenvalue weighted by Crippen LogP contribution is 2.21. The lowest BCUT2D eigenvalue weighted by Gasteiger charge is -2.28. The molecule has 0 saturated heterocycles. The molecule has 2 amide bonds. The third kappa shape index (κ3) is 8.20. The van der Waals surface area contributed by atoms with Crippen LogP contribution >= 0.6 is 0 Å². The van der Waals surface area contributed by atoms with Gasteiger partial charge in [-0.3, -0.25) is 9.59 Å². The average molecular weight is 502 g/mol. The molecule has 0 fully saturated rings. The van der Waals surface area contributed by atoms with E-state index in [1.54, 1.807) is 38.1 Å². The highest BCUT2D eigenvalue weighted by atomic mass is 16.5. The molecule has 0 aliphatic heterocycles. The summed E-state index contributed by atoms with van der Waals surface area (Å²) in [6.45, 7) is 8.99. The van der Waals surface area contributed by atoms with Crippen LogP contribution in [0.2, 0.25) is 0 Å². The summed E-state index contributed by atoms with van der Waals surface area (Å²) in [5.41, 5.74) is 1.59. The zero-order valence-electron chi connectivity index (χ0n) is 22.0. The topological polar surface area (TPSA) is 108 Å². The summed E-state index contributed by atoms with van der Waals surface area (Å²) in [6, 6.07) is 24.2. The molecule has 1 atom stereocenters. The summed E-state index contributed by atoms with van der Waals surface area (Å²) in [5.74, 6) is -1.21. The van der Waals surface area contributed by atoms with Gasteiger partial charge in [-0.05, 0) is 82.0 Å². The minimum absolute atomic E-state index is 0.185. The van der Waals surface area contributed by atoms with Crippen LogP contribution in [0.1, 0.15) is 50.5 Å². The van der Waals surface area contributed by atoms with Gasteiger partial charge in [0.15, 0.2) is 0 Å². The quantitative estimate of drug-likeness (QED) is 0.333. The van der Waals surface area contributed by atoms with Gasteiger partial charge in [0.25, 0.3) is 5.91 Å². The zero-order valence-corrected chi connectivity index (χ0v) is 22.0. The van der Waals surface area contributed by atoms with Crippen LogP contribution in [-0.2, 0) is 11.2 Å². The molecule has 0 saturated carbocycles. The van der Waals surface area contributed by atoms with Gasteiger partial charge in [0, 0.05) is 5.56 Å². The third-order valence-corrected chi connectivity index (χ3v) is 5.73. The fraction of sp³-hybridized carbons (Fsp3) is 0.310. The Kier molecular flexibility index (Phi) is 8.79. The molecule has 3 aromatic carbocycles. The number of rotatable bonds is 9. The Morgan fingerprint density at radius 2 is 1.41 bits per heavy atom. The van der Waals surface area contributed by atoms with E-state index in [2.05, 4.69) is 10.6 Å². The van der Waals surface area contributed by atoms with Crippen molar-refractivity contribution >= 4 is 18.9 Å². The Hall–Kier alpha value is -3.62. The predicted molar refractivity (Wildman–Crippen MR) is 146 cm³/mol. The SMILES string of the molecule is CC(C)(C)Oc1ccc(CC(NC(=O)C(C)(C)NC(=O)c2ccc(-c3ccccc3)cc2)B(O)O)cc1. The molecular formula is C29H35BN2O5. The second-order valence-corrected chi connectivity index (χ2v) is 10.6. The molecule has 0 aliphatic rings. The normalized spacial score (nSPS) is 12.4. The van der Waals surface area contributed by atoms with E-state index in [-0.39, 0.29) is 12.0 Å². The van der Waals surface area contributed by atoms with Crippen LogP contribution in [0.4, 0.5) is 0 Å². The van der Waals surface area contributed by atoms with Crippen LogP contribution < -0.4 is 15.4 Å². The fourth-order valence-corrected chi connectivity index (χ4v) is 3.74. The number of carbonyl (C=O) groups is 2. The number of carbonyl (C=O) groups excluding carboxylic acids is 2. The molecule has 1 unspecified atom stereocenters. The highest BCUT2D eigenvalue weighted by Gasteiger charge is 2.34. The molecule has 0 aliphatic carbocycles. The maximum absolute atomic E-state index is 13.0. The number of ether oxygens (including phenoxy) is 1. The molecule has 0 radical (unpaired) electrons. The molecule has 4 N–H and O–H groups in total. The molecule has 194 valence electrons. The molecule has 3 aromatic rings. The Morgan fingerprint density at radius 1 is 0.838 bits per heavy atom. The van der Waals surface area contributed by atoms with Gasteiger partial charge >= 0.3 is 7.12 Å². The van der Waals surface area contributed by atoms with Crippen LogP contribution in [0.25, 0.3) is 11.1 Å². The summed E-state index contributed by atoms with van der Waals surface area (Å²) in [7, 11) is -1.79. The predicted octanol–water partition coefficient (Wildman–Crippen LogP) is 3.78. The molecule has 3 rings (SSSR count). The standard InChI is InChI=1S/C29H35BN2O5/c1-28(2,3)37-24-17-11-20(12-18-24)19-25(30(35)36)31-27(34)29(4,5)32-26(33)23-15-13-22(14-16-23)21-9-7-6-8-10-21/h6-18,25,35-36H,19H2,1-5H3,(H,31,34)(H,32,33). The van der Waals surface area contributed by atoms with Crippen LogP contribution in [0, 0.1) is 0 Å². The average Bonchev–Trinajstić information content (AvgIpc) is 2.84. The van der Waals surface area contributed by atoms with Crippen molar-refractivity contribution < 1.29 is 24.4 Å². The summed E-state index contributed by atoms with van der Waals surface area (Å²) >= 11 is 0. The van der Waals surface area contributed by atoms with E-state index in [1.165, 1.54) is 0 Å². The minimum atomic E-state index is -1.79. The van der Waals surface area contributed by atoms with E-state index in [9.17, 15) is 19.6 Å². The van der Waals surface area contributed by atoms with Crippen molar-refractivity contribution in [1.29, 1.82) is 0 Å². The first-order valence-corrected chi connectivity index (χ1v) is 12.3. The summed E-state index contributed by atoms with van der Waals surface area (Å²) < 4.78 is 5.81. The lowest BCUT2D eigenvalue weighted by molar-refractivity contribution is -0.126. The number of hydrogen-bond donors (Lipinski definition) is 4. The smallest absolute Gasteiger partial charge is 0.475 e. The maximum atomic E-state index is 13.0. The minimum Gasteiger partial charge on any atom is -0.488 e. The Balaban J connectivity index is 1.62. The first-order chi connectivity index (χ1) is 17.3. The van der Waals surface area contributed by atoms with Gasteiger partial charge in [-0.2, -0.15) is 0 Å². The van der Waals surface area contributed by atoms with Crippen molar-refractivity contribution in [3.8, 4) is 16.9 Å². The van der Waals surface area contributed by atoms with E-state index >= 15 is 0 Å². The van der Waals surface area contributed by atoms with Gasteiger partial charge in [-0.15, -0.1) is 0 Å².